The number of aryl methyl sites for hydroxylation is 1. The zero-order valence-corrected chi connectivity index (χ0v) is 17.7. The van der Waals surface area contributed by atoms with E-state index in [1.54, 1.807) is 6.07 Å². The molecule has 0 saturated carbocycles. The molecule has 2 aliphatic heterocycles. The molecule has 2 aliphatic rings. The summed E-state index contributed by atoms with van der Waals surface area (Å²) in [6.45, 7) is 4.90. The number of rotatable bonds is 4. The predicted octanol–water partition coefficient (Wildman–Crippen LogP) is 2.96. The molecular formula is C21H26ClN5O3. The zero-order valence-electron chi connectivity index (χ0n) is 16.9. The molecule has 0 bridgehead atoms. The molecule has 30 heavy (non-hydrogen) atoms. The first-order valence-corrected chi connectivity index (χ1v) is 10.5. The van der Waals surface area contributed by atoms with Crippen LogP contribution < -0.4 is 16.0 Å². The van der Waals surface area contributed by atoms with Crippen molar-refractivity contribution in [1.82, 2.24) is 9.97 Å². The van der Waals surface area contributed by atoms with Gasteiger partial charge in [0.25, 0.3) is 0 Å². The summed E-state index contributed by atoms with van der Waals surface area (Å²) in [6, 6.07) is 7.39. The maximum Gasteiger partial charge on any atom is 0.229 e. The van der Waals surface area contributed by atoms with Crippen LogP contribution in [-0.2, 0) is 14.3 Å². The highest BCUT2D eigenvalue weighted by molar-refractivity contribution is 6.31. The maximum atomic E-state index is 12.4. The van der Waals surface area contributed by atoms with Crippen LogP contribution in [0.15, 0.2) is 24.3 Å². The van der Waals surface area contributed by atoms with Gasteiger partial charge in [-0.3, -0.25) is 4.79 Å². The number of nitrogen functional groups attached to an aromatic ring is 1. The Hall–Kier alpha value is -2.42. The first-order chi connectivity index (χ1) is 14.5. The number of nitrogens with one attached hydrogen (secondary N) is 1. The highest BCUT2D eigenvalue weighted by Gasteiger charge is 2.28. The Morgan fingerprint density at radius 3 is 2.80 bits per heavy atom. The lowest BCUT2D eigenvalue weighted by atomic mass is 10.0. The normalized spacial score (nSPS) is 22.0. The minimum Gasteiger partial charge on any atom is -0.381 e. The Labute approximate surface area is 180 Å². The van der Waals surface area contributed by atoms with Crippen molar-refractivity contribution in [2.24, 2.45) is 5.92 Å². The molecule has 3 heterocycles. The zero-order chi connectivity index (χ0) is 21.1. The van der Waals surface area contributed by atoms with Gasteiger partial charge in [-0.1, -0.05) is 17.7 Å². The van der Waals surface area contributed by atoms with Crippen LogP contribution in [0.1, 0.15) is 30.1 Å². The molecule has 1 aromatic carbocycles. The van der Waals surface area contributed by atoms with Gasteiger partial charge in [-0.05, 0) is 37.5 Å². The maximum absolute atomic E-state index is 12.4. The minimum atomic E-state index is -0.123. The first-order valence-electron chi connectivity index (χ1n) is 10.1. The molecule has 3 N–H and O–H groups in total. The fourth-order valence-electron chi connectivity index (χ4n) is 3.89. The van der Waals surface area contributed by atoms with Gasteiger partial charge in [0.1, 0.15) is 5.82 Å². The highest BCUT2D eigenvalue weighted by atomic mass is 35.5. The SMILES string of the molecule is Cc1cc(N2CCCOCC2c2ccc(NC(=O)C3CCOC3)cc2Cl)nc(N)n1. The summed E-state index contributed by atoms with van der Waals surface area (Å²) in [6.07, 6.45) is 1.61. The van der Waals surface area contributed by atoms with Crippen LogP contribution in [0.25, 0.3) is 0 Å². The van der Waals surface area contributed by atoms with Crippen LogP contribution in [0.3, 0.4) is 0 Å². The van der Waals surface area contributed by atoms with Gasteiger partial charge in [0, 0.05) is 42.2 Å². The second-order valence-corrected chi connectivity index (χ2v) is 8.06. The van der Waals surface area contributed by atoms with Crippen molar-refractivity contribution >= 4 is 35.0 Å². The van der Waals surface area contributed by atoms with Crippen LogP contribution in [0.4, 0.5) is 17.5 Å². The van der Waals surface area contributed by atoms with Crippen molar-refractivity contribution < 1.29 is 14.3 Å². The third-order valence-corrected chi connectivity index (χ3v) is 5.75. The smallest absolute Gasteiger partial charge is 0.229 e. The van der Waals surface area contributed by atoms with E-state index in [1.807, 2.05) is 25.1 Å². The standard InChI is InChI=1S/C21H26ClN5O3/c1-13-9-19(26-21(23)24-13)27-6-2-7-29-12-18(27)16-4-3-15(10-17(16)22)25-20(28)14-5-8-30-11-14/h3-4,9-10,14,18H,2,5-8,11-12H2,1H3,(H,25,28)(H2,23,24,26). The van der Waals surface area contributed by atoms with E-state index in [0.717, 1.165) is 36.5 Å². The van der Waals surface area contributed by atoms with E-state index in [4.69, 9.17) is 26.8 Å². The Morgan fingerprint density at radius 2 is 2.07 bits per heavy atom. The molecule has 2 unspecified atom stereocenters. The van der Waals surface area contributed by atoms with Crippen molar-refractivity contribution in [2.75, 3.05) is 48.9 Å². The number of benzene rings is 1. The van der Waals surface area contributed by atoms with Crippen molar-refractivity contribution in [3.05, 3.63) is 40.5 Å². The van der Waals surface area contributed by atoms with E-state index in [2.05, 4.69) is 20.2 Å². The summed E-state index contributed by atoms with van der Waals surface area (Å²) in [7, 11) is 0. The van der Waals surface area contributed by atoms with E-state index >= 15 is 0 Å². The monoisotopic (exact) mass is 431 g/mol. The molecular weight excluding hydrogens is 406 g/mol. The summed E-state index contributed by atoms with van der Waals surface area (Å²) in [5.41, 5.74) is 8.27. The van der Waals surface area contributed by atoms with Crippen molar-refractivity contribution in [1.29, 1.82) is 0 Å². The van der Waals surface area contributed by atoms with Gasteiger partial charge in [0.05, 0.1) is 25.2 Å². The van der Waals surface area contributed by atoms with E-state index < -0.39 is 0 Å². The summed E-state index contributed by atoms with van der Waals surface area (Å²) in [5, 5.41) is 3.50. The number of carbonyl (C=O) groups excluding carboxylic acids is 1. The van der Waals surface area contributed by atoms with Crippen molar-refractivity contribution in [3.63, 3.8) is 0 Å². The molecule has 2 aromatic rings. The number of hydrogen-bond acceptors (Lipinski definition) is 7. The Morgan fingerprint density at radius 1 is 1.23 bits per heavy atom. The fraction of sp³-hybridized carbons (Fsp3) is 0.476. The third-order valence-electron chi connectivity index (χ3n) is 5.42. The van der Waals surface area contributed by atoms with Crippen LogP contribution in [0.2, 0.25) is 5.02 Å². The number of hydrogen-bond donors (Lipinski definition) is 2. The molecule has 1 amide bonds. The number of nitrogens with two attached hydrogens (primary N) is 1. The van der Waals surface area contributed by atoms with Crippen LogP contribution in [-0.4, -0.2) is 48.8 Å². The molecule has 2 fully saturated rings. The Kier molecular flexibility index (Phi) is 6.36. The molecule has 0 radical (unpaired) electrons. The van der Waals surface area contributed by atoms with E-state index in [-0.39, 0.29) is 23.8 Å². The molecule has 2 atom stereocenters. The van der Waals surface area contributed by atoms with Gasteiger partial charge in [0.15, 0.2) is 0 Å². The molecule has 1 aromatic heterocycles. The molecule has 0 aliphatic carbocycles. The lowest BCUT2D eigenvalue weighted by Crippen LogP contribution is -2.32. The molecule has 160 valence electrons. The number of carbonyl (C=O) groups is 1. The lowest BCUT2D eigenvalue weighted by molar-refractivity contribution is -0.119. The average molecular weight is 432 g/mol. The summed E-state index contributed by atoms with van der Waals surface area (Å²) in [5.74, 6) is 0.850. The quantitative estimate of drug-likeness (QED) is 0.767. The average Bonchev–Trinajstić information content (AvgIpc) is 3.13. The largest absolute Gasteiger partial charge is 0.381 e. The van der Waals surface area contributed by atoms with Crippen LogP contribution >= 0.6 is 11.6 Å². The molecule has 2 saturated heterocycles. The fourth-order valence-corrected chi connectivity index (χ4v) is 4.20. The topological polar surface area (TPSA) is 103 Å². The molecule has 0 spiro atoms. The Bertz CT molecular complexity index is 899. The van der Waals surface area contributed by atoms with E-state index in [1.165, 1.54) is 0 Å². The number of ether oxygens (including phenoxy) is 2. The number of amides is 1. The molecule has 8 nitrogen and oxygen atoms in total. The second-order valence-electron chi connectivity index (χ2n) is 7.65. The molecule has 9 heteroatoms. The van der Waals surface area contributed by atoms with Gasteiger partial charge >= 0.3 is 0 Å². The first kappa shape index (κ1) is 20.8. The van der Waals surface area contributed by atoms with Gasteiger partial charge in [-0.2, -0.15) is 4.98 Å². The van der Waals surface area contributed by atoms with Gasteiger partial charge in [0.2, 0.25) is 11.9 Å². The summed E-state index contributed by atoms with van der Waals surface area (Å²) < 4.78 is 11.1. The number of nitrogens with zero attached hydrogens (tertiary/aromatic N) is 3. The number of aromatic nitrogens is 2. The predicted molar refractivity (Wildman–Crippen MR) is 116 cm³/mol. The second kappa shape index (κ2) is 9.16. The summed E-state index contributed by atoms with van der Waals surface area (Å²) in [4.78, 5) is 23.1. The van der Waals surface area contributed by atoms with Crippen molar-refractivity contribution in [3.8, 4) is 0 Å². The van der Waals surface area contributed by atoms with Crippen LogP contribution in [0.5, 0.6) is 0 Å². The number of halogens is 1. The van der Waals surface area contributed by atoms with Gasteiger partial charge < -0.3 is 25.4 Å². The van der Waals surface area contributed by atoms with Gasteiger partial charge in [-0.25, -0.2) is 4.98 Å². The summed E-state index contributed by atoms with van der Waals surface area (Å²) >= 11 is 6.66. The van der Waals surface area contributed by atoms with Crippen molar-refractivity contribution in [2.45, 2.75) is 25.8 Å². The minimum absolute atomic E-state index is 0.0392. The molecule has 4 rings (SSSR count). The highest BCUT2D eigenvalue weighted by Crippen LogP contribution is 2.34. The van der Waals surface area contributed by atoms with Gasteiger partial charge in [-0.15, -0.1) is 0 Å². The van der Waals surface area contributed by atoms with Crippen LogP contribution in [0, 0.1) is 12.8 Å². The van der Waals surface area contributed by atoms with E-state index in [0.29, 0.717) is 37.1 Å². The van der Waals surface area contributed by atoms with E-state index in [9.17, 15) is 4.79 Å². The Balaban J connectivity index is 1.58. The third kappa shape index (κ3) is 4.66. The lowest BCUT2D eigenvalue weighted by Gasteiger charge is -2.31. The number of anilines is 3.